The molecule has 2 N–H and O–H groups in total. The Kier molecular flexibility index (Phi) is 5.06. The molecule has 0 aromatic heterocycles. The fourth-order valence-corrected chi connectivity index (χ4v) is 0.774. The maximum atomic E-state index is 11.2. The molecule has 0 aliphatic rings. The number of carbonyl (C=O) groups excluding carboxylic acids is 1. The maximum Gasteiger partial charge on any atom is 0.223 e. The first-order valence-electron chi connectivity index (χ1n) is 3.94. The molecule has 12 heavy (non-hydrogen) atoms. The van der Waals surface area contributed by atoms with Crippen LogP contribution in [0.15, 0.2) is 0 Å². The second-order valence-electron chi connectivity index (χ2n) is 2.90. The lowest BCUT2D eigenvalue weighted by Crippen LogP contribution is -2.32. The minimum atomic E-state index is -0.109. The second-order valence-corrected chi connectivity index (χ2v) is 2.90. The van der Waals surface area contributed by atoms with Gasteiger partial charge < -0.3 is 10.6 Å². The van der Waals surface area contributed by atoms with Crippen molar-refractivity contribution in [3.63, 3.8) is 0 Å². The molecule has 0 aromatic rings. The molecule has 0 saturated heterocycles. The van der Waals surface area contributed by atoms with E-state index in [2.05, 4.69) is 0 Å². The molecule has 1 unspecified atom stereocenters. The molecule has 0 spiro atoms. The Morgan fingerprint density at radius 3 is 2.75 bits per heavy atom. The second kappa shape index (κ2) is 5.56. The molecule has 0 aliphatic carbocycles. The molecule has 0 saturated carbocycles. The van der Waals surface area contributed by atoms with Crippen molar-refractivity contribution in [1.29, 1.82) is 5.26 Å². The van der Waals surface area contributed by atoms with E-state index in [1.807, 2.05) is 6.07 Å². The summed E-state index contributed by atoms with van der Waals surface area (Å²) in [6.07, 6.45) is 0.725. The maximum absolute atomic E-state index is 11.2. The number of nitrogens with zero attached hydrogens (tertiary/aromatic N) is 2. The zero-order valence-electron chi connectivity index (χ0n) is 7.58. The lowest BCUT2D eigenvalue weighted by Gasteiger charge is -2.16. The SMILES string of the molecule is CC(N)CC(=O)N(C)CCC#N. The number of hydrogen-bond donors (Lipinski definition) is 1. The molecular formula is C8H15N3O. The van der Waals surface area contributed by atoms with Crippen LogP contribution >= 0.6 is 0 Å². The highest BCUT2D eigenvalue weighted by molar-refractivity contribution is 5.76. The number of nitrogens with two attached hydrogens (primary N) is 1. The van der Waals surface area contributed by atoms with Gasteiger partial charge in [-0.1, -0.05) is 0 Å². The fourth-order valence-electron chi connectivity index (χ4n) is 0.774. The Morgan fingerprint density at radius 1 is 1.75 bits per heavy atom. The normalized spacial score (nSPS) is 11.8. The van der Waals surface area contributed by atoms with Crippen LogP contribution in [0.5, 0.6) is 0 Å². The smallest absolute Gasteiger partial charge is 0.223 e. The Labute approximate surface area is 72.9 Å². The molecule has 0 aromatic carbocycles. The van der Waals surface area contributed by atoms with Crippen molar-refractivity contribution in [2.75, 3.05) is 13.6 Å². The van der Waals surface area contributed by atoms with Gasteiger partial charge in [0, 0.05) is 26.1 Å². The van der Waals surface area contributed by atoms with Crippen molar-refractivity contribution >= 4 is 5.91 Å². The van der Waals surface area contributed by atoms with Gasteiger partial charge in [0.05, 0.1) is 12.5 Å². The van der Waals surface area contributed by atoms with E-state index in [1.165, 1.54) is 4.90 Å². The highest BCUT2D eigenvalue weighted by atomic mass is 16.2. The highest BCUT2D eigenvalue weighted by Gasteiger charge is 2.09. The molecule has 0 radical (unpaired) electrons. The fraction of sp³-hybridized carbons (Fsp3) is 0.750. The molecule has 0 bridgehead atoms. The average molecular weight is 169 g/mol. The zero-order chi connectivity index (χ0) is 9.56. The molecule has 1 amide bonds. The number of nitriles is 1. The van der Waals surface area contributed by atoms with Crippen LogP contribution in [0, 0.1) is 11.3 Å². The summed E-state index contributed by atoms with van der Waals surface area (Å²) in [5, 5.41) is 8.27. The summed E-state index contributed by atoms with van der Waals surface area (Å²) in [6, 6.07) is 1.87. The highest BCUT2D eigenvalue weighted by Crippen LogP contribution is 1.94. The summed E-state index contributed by atoms with van der Waals surface area (Å²) in [4.78, 5) is 12.7. The summed E-state index contributed by atoms with van der Waals surface area (Å²) >= 11 is 0. The zero-order valence-corrected chi connectivity index (χ0v) is 7.58. The minimum Gasteiger partial charge on any atom is -0.345 e. The number of hydrogen-bond acceptors (Lipinski definition) is 3. The van der Waals surface area contributed by atoms with Crippen LogP contribution in [0.1, 0.15) is 19.8 Å². The lowest BCUT2D eigenvalue weighted by molar-refractivity contribution is -0.130. The van der Waals surface area contributed by atoms with Gasteiger partial charge in [-0.15, -0.1) is 0 Å². The largest absolute Gasteiger partial charge is 0.345 e. The van der Waals surface area contributed by atoms with Crippen LogP contribution < -0.4 is 5.73 Å². The van der Waals surface area contributed by atoms with Crippen LogP contribution in [-0.2, 0) is 4.79 Å². The van der Waals surface area contributed by atoms with Crippen molar-refractivity contribution in [1.82, 2.24) is 4.90 Å². The third-order valence-electron chi connectivity index (χ3n) is 1.48. The van der Waals surface area contributed by atoms with Crippen molar-refractivity contribution in [3.05, 3.63) is 0 Å². The summed E-state index contributed by atoms with van der Waals surface area (Å²) < 4.78 is 0. The van der Waals surface area contributed by atoms with E-state index in [9.17, 15) is 4.79 Å². The Hall–Kier alpha value is -1.08. The van der Waals surface area contributed by atoms with E-state index < -0.39 is 0 Å². The van der Waals surface area contributed by atoms with Gasteiger partial charge in [0.1, 0.15) is 0 Å². The van der Waals surface area contributed by atoms with E-state index in [4.69, 9.17) is 11.0 Å². The van der Waals surface area contributed by atoms with Gasteiger partial charge in [-0.2, -0.15) is 5.26 Å². The van der Waals surface area contributed by atoms with Crippen molar-refractivity contribution in [3.8, 4) is 6.07 Å². The molecule has 0 fully saturated rings. The summed E-state index contributed by atoms with van der Waals surface area (Å²) in [5.41, 5.74) is 5.45. The van der Waals surface area contributed by atoms with Gasteiger partial charge in [-0.05, 0) is 6.92 Å². The quantitative estimate of drug-likeness (QED) is 0.648. The molecule has 68 valence electrons. The van der Waals surface area contributed by atoms with E-state index in [-0.39, 0.29) is 11.9 Å². The Bertz CT molecular complexity index is 183. The van der Waals surface area contributed by atoms with Gasteiger partial charge in [-0.3, -0.25) is 4.79 Å². The molecular weight excluding hydrogens is 154 g/mol. The molecule has 0 aliphatic heterocycles. The van der Waals surface area contributed by atoms with Crippen molar-refractivity contribution in [2.24, 2.45) is 5.73 Å². The first-order valence-corrected chi connectivity index (χ1v) is 3.94. The minimum absolute atomic E-state index is 0.000231. The lowest BCUT2D eigenvalue weighted by atomic mass is 10.2. The third kappa shape index (κ3) is 4.69. The van der Waals surface area contributed by atoms with Crippen LogP contribution in [0.2, 0.25) is 0 Å². The summed E-state index contributed by atoms with van der Waals surface area (Å²) in [5.74, 6) is 0.000231. The van der Waals surface area contributed by atoms with Crippen LogP contribution in [0.3, 0.4) is 0 Å². The first kappa shape index (κ1) is 10.9. The van der Waals surface area contributed by atoms with Crippen molar-refractivity contribution in [2.45, 2.75) is 25.8 Å². The topological polar surface area (TPSA) is 70.1 Å². The van der Waals surface area contributed by atoms with Gasteiger partial charge in [0.2, 0.25) is 5.91 Å². The van der Waals surface area contributed by atoms with Crippen molar-refractivity contribution < 1.29 is 4.79 Å². The Balaban J connectivity index is 3.70. The van der Waals surface area contributed by atoms with Crippen LogP contribution in [-0.4, -0.2) is 30.4 Å². The van der Waals surface area contributed by atoms with E-state index >= 15 is 0 Å². The average Bonchev–Trinajstić information content (AvgIpc) is 1.98. The molecule has 4 heteroatoms. The van der Waals surface area contributed by atoms with E-state index in [0.29, 0.717) is 19.4 Å². The number of rotatable bonds is 4. The molecule has 1 atom stereocenters. The predicted octanol–water partition coefficient (Wildman–Crippen LogP) is 0.0958. The van der Waals surface area contributed by atoms with Gasteiger partial charge in [0.15, 0.2) is 0 Å². The predicted molar refractivity (Wildman–Crippen MR) is 46.1 cm³/mol. The van der Waals surface area contributed by atoms with Gasteiger partial charge >= 0.3 is 0 Å². The van der Waals surface area contributed by atoms with Gasteiger partial charge in [0.25, 0.3) is 0 Å². The summed E-state index contributed by atoms with van der Waals surface area (Å²) in [7, 11) is 1.68. The molecule has 0 rings (SSSR count). The number of amides is 1. The monoisotopic (exact) mass is 169 g/mol. The standard InChI is InChI=1S/C8H15N3O/c1-7(10)6-8(12)11(2)5-3-4-9/h7H,3,5-6,10H2,1-2H3. The van der Waals surface area contributed by atoms with Gasteiger partial charge in [-0.25, -0.2) is 0 Å². The number of carbonyl (C=O) groups is 1. The van der Waals surface area contributed by atoms with E-state index in [1.54, 1.807) is 14.0 Å². The van der Waals surface area contributed by atoms with E-state index in [0.717, 1.165) is 0 Å². The summed E-state index contributed by atoms with van der Waals surface area (Å²) in [6.45, 7) is 2.28. The Morgan fingerprint density at radius 2 is 2.33 bits per heavy atom. The van der Waals surface area contributed by atoms with Crippen LogP contribution in [0.4, 0.5) is 0 Å². The van der Waals surface area contributed by atoms with Crippen LogP contribution in [0.25, 0.3) is 0 Å². The first-order chi connectivity index (χ1) is 5.57. The third-order valence-corrected chi connectivity index (χ3v) is 1.48. The molecule has 0 heterocycles. The molecule has 4 nitrogen and oxygen atoms in total.